The number of sulfonamides is 2. The van der Waals surface area contributed by atoms with Crippen LogP contribution in [0.4, 0.5) is 22.0 Å². The van der Waals surface area contributed by atoms with Crippen molar-refractivity contribution >= 4 is 20.0 Å². The predicted molar refractivity (Wildman–Crippen MR) is 57.6 cm³/mol. The third kappa shape index (κ3) is 3.38. The summed E-state index contributed by atoms with van der Waals surface area (Å²) < 4.78 is 103. The molecule has 1 saturated heterocycles. The topological polar surface area (TPSA) is 85.6 Å². The van der Waals surface area contributed by atoms with E-state index in [1.165, 1.54) is 0 Å². The van der Waals surface area contributed by atoms with Gasteiger partial charge in [-0.05, 0) is 12.8 Å². The predicted octanol–water partition coefficient (Wildman–Crippen LogP) is 1.58. The molecule has 13 heteroatoms. The van der Waals surface area contributed by atoms with E-state index in [0.717, 1.165) is 4.72 Å². The molecule has 0 saturated carbocycles. The maximum atomic E-state index is 13.5. The first-order chi connectivity index (χ1) is 8.81. The van der Waals surface area contributed by atoms with Crippen molar-refractivity contribution in [3.8, 4) is 0 Å². The number of rotatable bonds is 4. The van der Waals surface area contributed by atoms with E-state index < -0.39 is 30.9 Å². The van der Waals surface area contributed by atoms with Gasteiger partial charge < -0.3 is 4.72 Å². The molecule has 120 valence electrons. The Morgan fingerprint density at radius 1 is 0.850 bits per heavy atom. The lowest BCUT2D eigenvalue weighted by atomic mass is 10.2. The van der Waals surface area contributed by atoms with Crippen molar-refractivity contribution in [2.75, 3.05) is 13.1 Å². The molecular weight excluding hydrogens is 335 g/mol. The summed E-state index contributed by atoms with van der Waals surface area (Å²) in [6, 6.07) is 0. The van der Waals surface area contributed by atoms with Crippen LogP contribution in [0.3, 0.4) is 0 Å². The third-order valence-electron chi connectivity index (χ3n) is 2.48. The minimum absolute atomic E-state index is 0.167. The summed E-state index contributed by atoms with van der Waals surface area (Å²) in [6.45, 7) is -0.751. The highest BCUT2D eigenvalue weighted by Gasteiger charge is 2.57. The summed E-state index contributed by atoms with van der Waals surface area (Å²) in [6.07, 6.45) is -4.84. The molecule has 1 aliphatic heterocycles. The van der Waals surface area contributed by atoms with Crippen molar-refractivity contribution in [1.82, 2.24) is 4.31 Å². The number of hydrogen-bond donors (Lipinski definition) is 0. The molecule has 0 bridgehead atoms. The van der Waals surface area contributed by atoms with Crippen LogP contribution in [0.1, 0.15) is 19.3 Å². The number of hydrogen-bond acceptors (Lipinski definition) is 4. The molecule has 1 heterocycles. The summed E-state index contributed by atoms with van der Waals surface area (Å²) in [5.41, 5.74) is 0. The van der Waals surface area contributed by atoms with Crippen LogP contribution in [0.15, 0.2) is 0 Å². The van der Waals surface area contributed by atoms with Crippen LogP contribution in [0.2, 0.25) is 0 Å². The Hall–Kier alpha value is -0.530. The minimum atomic E-state index is -6.59. The number of piperidine rings is 1. The van der Waals surface area contributed by atoms with Crippen molar-refractivity contribution in [1.29, 1.82) is 0 Å². The van der Waals surface area contributed by atoms with E-state index in [0.29, 0.717) is 6.42 Å². The monoisotopic (exact) mass is 345 g/mol. The average Bonchev–Trinajstić information content (AvgIpc) is 2.26. The van der Waals surface area contributed by atoms with Gasteiger partial charge in [0.05, 0.1) is 0 Å². The summed E-state index contributed by atoms with van der Waals surface area (Å²) in [4.78, 5) is 0. The summed E-state index contributed by atoms with van der Waals surface area (Å²) in [5, 5.41) is 0. The van der Waals surface area contributed by atoms with E-state index in [9.17, 15) is 38.8 Å². The minimum Gasteiger partial charge on any atom is -0.451 e. The van der Waals surface area contributed by atoms with Crippen LogP contribution in [0.5, 0.6) is 0 Å². The summed E-state index contributed by atoms with van der Waals surface area (Å²) >= 11 is 0. The van der Waals surface area contributed by atoms with Gasteiger partial charge in [-0.2, -0.15) is 26.3 Å². The number of nitrogens with zero attached hydrogens (tertiary/aromatic N) is 2. The van der Waals surface area contributed by atoms with E-state index >= 15 is 0 Å². The van der Waals surface area contributed by atoms with Crippen LogP contribution in [-0.4, -0.2) is 45.1 Å². The summed E-state index contributed by atoms with van der Waals surface area (Å²) in [7, 11) is -12.4. The smallest absolute Gasteiger partial charge is 0.442 e. The standard InChI is InChI=1S/C7H10F5N2O4S2/c8-6(9,10)13-19(15,16)7(11,12)20(17,18)14-4-2-1-3-5-14/h1-5H2/q-1. The van der Waals surface area contributed by atoms with Gasteiger partial charge in [-0.15, -0.1) is 0 Å². The van der Waals surface area contributed by atoms with Gasteiger partial charge in [-0.25, -0.2) is 16.8 Å². The molecule has 1 rings (SSSR count). The maximum Gasteiger partial charge on any atom is 0.442 e. The molecule has 0 aromatic heterocycles. The molecule has 0 N–H and O–H groups in total. The molecule has 0 aromatic carbocycles. The molecule has 0 unspecified atom stereocenters. The Balaban J connectivity index is 3.14. The zero-order valence-corrected chi connectivity index (χ0v) is 11.4. The normalized spacial score (nSPS) is 20.1. The first-order valence-electron chi connectivity index (χ1n) is 5.24. The van der Waals surface area contributed by atoms with Crippen molar-refractivity contribution in [3.63, 3.8) is 0 Å². The van der Waals surface area contributed by atoms with Gasteiger partial charge in [0.2, 0.25) is 0 Å². The molecule has 0 aliphatic carbocycles. The first kappa shape index (κ1) is 17.5. The number of halogens is 5. The van der Waals surface area contributed by atoms with Crippen molar-refractivity contribution < 1.29 is 38.8 Å². The molecule has 6 nitrogen and oxygen atoms in total. The molecule has 0 spiro atoms. The molecule has 20 heavy (non-hydrogen) atoms. The van der Waals surface area contributed by atoms with Crippen LogP contribution >= 0.6 is 0 Å². The van der Waals surface area contributed by atoms with Gasteiger partial charge in [0, 0.05) is 13.1 Å². The third-order valence-corrected chi connectivity index (χ3v) is 6.44. The van der Waals surface area contributed by atoms with E-state index in [1.54, 1.807) is 0 Å². The lowest BCUT2D eigenvalue weighted by Gasteiger charge is -2.33. The van der Waals surface area contributed by atoms with E-state index in [2.05, 4.69) is 0 Å². The molecule has 0 atom stereocenters. The number of alkyl halides is 5. The molecule has 1 fully saturated rings. The fourth-order valence-electron chi connectivity index (χ4n) is 1.58. The van der Waals surface area contributed by atoms with Crippen LogP contribution in [-0.2, 0) is 20.0 Å². The van der Waals surface area contributed by atoms with Gasteiger partial charge in [-0.1, -0.05) is 6.42 Å². The first-order valence-corrected chi connectivity index (χ1v) is 8.12. The van der Waals surface area contributed by atoms with Crippen molar-refractivity contribution in [2.24, 2.45) is 0 Å². The lowest BCUT2D eigenvalue weighted by molar-refractivity contribution is -0.0851. The largest absolute Gasteiger partial charge is 0.451 e. The Bertz CT molecular complexity index is 550. The fourth-order valence-corrected chi connectivity index (χ4v) is 4.49. The second kappa shape index (κ2) is 5.35. The molecule has 0 radical (unpaired) electrons. The zero-order chi connectivity index (χ0) is 15.8. The van der Waals surface area contributed by atoms with Crippen LogP contribution in [0.25, 0.3) is 4.72 Å². The Morgan fingerprint density at radius 2 is 1.30 bits per heavy atom. The van der Waals surface area contributed by atoms with Crippen LogP contribution < -0.4 is 0 Å². The van der Waals surface area contributed by atoms with Crippen LogP contribution in [0, 0.1) is 0 Å². The zero-order valence-electron chi connectivity index (χ0n) is 9.77. The highest BCUT2D eigenvalue weighted by molar-refractivity contribution is 8.10. The van der Waals surface area contributed by atoms with E-state index in [-0.39, 0.29) is 30.2 Å². The van der Waals surface area contributed by atoms with Gasteiger partial charge in [0.1, 0.15) is 0 Å². The molecule has 1 aliphatic rings. The maximum absolute atomic E-state index is 13.5. The highest BCUT2D eigenvalue weighted by atomic mass is 32.3. The second-order valence-corrected chi connectivity index (χ2v) is 7.85. The van der Waals surface area contributed by atoms with Crippen molar-refractivity contribution in [3.05, 3.63) is 4.72 Å². The summed E-state index contributed by atoms with van der Waals surface area (Å²) in [5.74, 6) is 0. The van der Waals surface area contributed by atoms with E-state index in [1.807, 2.05) is 0 Å². The average molecular weight is 345 g/mol. The van der Waals surface area contributed by atoms with Gasteiger partial charge in [0.15, 0.2) is 10.0 Å². The second-order valence-electron chi connectivity index (χ2n) is 3.96. The molecular formula is C7H10F5N2O4S2-. The molecule has 0 aromatic rings. The quantitative estimate of drug-likeness (QED) is 0.572. The van der Waals surface area contributed by atoms with E-state index in [4.69, 9.17) is 0 Å². The van der Waals surface area contributed by atoms with Gasteiger partial charge in [-0.3, -0.25) is 0 Å². The Kier molecular flexibility index (Phi) is 4.68. The van der Waals surface area contributed by atoms with Crippen molar-refractivity contribution in [2.45, 2.75) is 30.1 Å². The SMILES string of the molecule is O=S(=O)([N-]C(F)(F)F)C(F)(F)S(=O)(=O)N1CCCCC1. The highest BCUT2D eigenvalue weighted by Crippen LogP contribution is 2.40. The fraction of sp³-hybridized carbons (Fsp3) is 1.00. The molecule has 0 amide bonds. The Morgan fingerprint density at radius 3 is 1.70 bits per heavy atom. The van der Waals surface area contributed by atoms with Gasteiger partial charge in [0.25, 0.3) is 10.0 Å². The lowest BCUT2D eigenvalue weighted by Crippen LogP contribution is -2.49. The Labute approximate surface area is 112 Å². The van der Waals surface area contributed by atoms with Gasteiger partial charge >= 0.3 is 10.9 Å².